The Hall–Kier alpha value is 0.400. The Bertz CT molecular complexity index is 40.7. The predicted molar refractivity (Wildman–Crippen MR) is 31.5 cm³/mol. The van der Waals surface area contributed by atoms with Crippen molar-refractivity contribution in [2.24, 2.45) is 0 Å². The van der Waals surface area contributed by atoms with Crippen molar-refractivity contribution >= 4 is 15.9 Å². The van der Waals surface area contributed by atoms with Gasteiger partial charge in [-0.05, 0) is 6.42 Å². The maximum absolute atomic E-state index is 8.31. The summed E-state index contributed by atoms with van der Waals surface area (Å²) in [5.41, 5.74) is 0. The first-order valence-electron chi connectivity index (χ1n) is 2.17. The SMILES string of the molecule is OCC[C@@H](Br)CO. The number of aliphatic hydroxyl groups is 2. The minimum atomic E-state index is 0.0671. The number of alkyl halides is 1. The van der Waals surface area contributed by atoms with Crippen LogP contribution in [0.5, 0.6) is 0 Å². The molecule has 0 aliphatic rings. The molecule has 0 fully saturated rings. The molecule has 0 heterocycles. The summed E-state index contributed by atoms with van der Waals surface area (Å²) in [6.07, 6.45) is 0.622. The fourth-order valence-electron chi connectivity index (χ4n) is 0.231. The second-order valence-electron chi connectivity index (χ2n) is 1.29. The summed E-state index contributed by atoms with van der Waals surface area (Å²) in [6.45, 7) is 0.233. The molecule has 0 aromatic rings. The van der Waals surface area contributed by atoms with Crippen LogP contribution in [0.25, 0.3) is 0 Å². The minimum absolute atomic E-state index is 0.0671. The third-order valence-corrected chi connectivity index (χ3v) is 1.39. The summed E-state index contributed by atoms with van der Waals surface area (Å²) in [7, 11) is 0. The first-order valence-corrected chi connectivity index (χ1v) is 3.08. The van der Waals surface area contributed by atoms with Gasteiger partial charge in [0.15, 0.2) is 0 Å². The molecule has 3 heteroatoms. The van der Waals surface area contributed by atoms with Crippen LogP contribution in [0.1, 0.15) is 6.42 Å². The highest BCUT2D eigenvalue weighted by atomic mass is 79.9. The van der Waals surface area contributed by atoms with E-state index in [4.69, 9.17) is 10.2 Å². The Labute approximate surface area is 51.3 Å². The van der Waals surface area contributed by atoms with E-state index in [9.17, 15) is 0 Å². The zero-order valence-electron chi connectivity index (χ0n) is 3.97. The molecule has 0 amide bonds. The van der Waals surface area contributed by atoms with E-state index in [2.05, 4.69) is 15.9 Å². The monoisotopic (exact) mass is 168 g/mol. The lowest BCUT2D eigenvalue weighted by Crippen LogP contribution is -2.05. The molecular formula is C4H9BrO2. The van der Waals surface area contributed by atoms with Crippen LogP contribution < -0.4 is 0 Å². The number of rotatable bonds is 3. The Balaban J connectivity index is 2.83. The lowest BCUT2D eigenvalue weighted by atomic mass is 10.3. The van der Waals surface area contributed by atoms with E-state index < -0.39 is 0 Å². The number of hydrogen-bond donors (Lipinski definition) is 2. The summed E-state index contributed by atoms with van der Waals surface area (Å²) < 4.78 is 0. The summed E-state index contributed by atoms with van der Waals surface area (Å²) in [5, 5.41) is 16.5. The Kier molecular flexibility index (Phi) is 4.82. The van der Waals surface area contributed by atoms with Crippen LogP contribution in [0.3, 0.4) is 0 Å². The Morgan fingerprint density at radius 3 is 2.14 bits per heavy atom. The topological polar surface area (TPSA) is 40.5 Å². The van der Waals surface area contributed by atoms with Gasteiger partial charge in [0.1, 0.15) is 0 Å². The molecule has 0 bridgehead atoms. The predicted octanol–water partition coefficient (Wildman–Crippen LogP) is 0.125. The van der Waals surface area contributed by atoms with Gasteiger partial charge in [0.2, 0.25) is 0 Å². The van der Waals surface area contributed by atoms with Crippen molar-refractivity contribution < 1.29 is 10.2 Å². The van der Waals surface area contributed by atoms with Crippen molar-refractivity contribution in [3.63, 3.8) is 0 Å². The Morgan fingerprint density at radius 1 is 1.43 bits per heavy atom. The minimum Gasteiger partial charge on any atom is -0.396 e. The van der Waals surface area contributed by atoms with E-state index in [1.807, 2.05) is 0 Å². The average Bonchev–Trinajstić information content (AvgIpc) is 1.68. The third kappa shape index (κ3) is 4.25. The summed E-state index contributed by atoms with van der Waals surface area (Å²) in [4.78, 5) is 0.0671. The zero-order valence-corrected chi connectivity index (χ0v) is 5.56. The van der Waals surface area contributed by atoms with Gasteiger partial charge in [-0.1, -0.05) is 15.9 Å². The lowest BCUT2D eigenvalue weighted by molar-refractivity contribution is 0.249. The molecule has 0 aliphatic carbocycles. The van der Waals surface area contributed by atoms with Crippen LogP contribution in [-0.2, 0) is 0 Å². The molecule has 7 heavy (non-hydrogen) atoms. The molecule has 0 aliphatic heterocycles. The molecule has 1 atom stereocenters. The van der Waals surface area contributed by atoms with Crippen molar-refractivity contribution in [1.29, 1.82) is 0 Å². The van der Waals surface area contributed by atoms with E-state index >= 15 is 0 Å². The van der Waals surface area contributed by atoms with Crippen LogP contribution in [0.4, 0.5) is 0 Å². The van der Waals surface area contributed by atoms with E-state index in [-0.39, 0.29) is 18.0 Å². The van der Waals surface area contributed by atoms with E-state index in [0.29, 0.717) is 6.42 Å². The van der Waals surface area contributed by atoms with Gasteiger partial charge in [0, 0.05) is 11.4 Å². The highest BCUT2D eigenvalue weighted by Crippen LogP contribution is 2.00. The molecule has 0 unspecified atom stereocenters. The molecule has 0 aromatic carbocycles. The number of halogens is 1. The maximum atomic E-state index is 8.31. The molecule has 0 radical (unpaired) electrons. The summed E-state index contributed by atoms with van der Waals surface area (Å²) >= 11 is 3.13. The van der Waals surface area contributed by atoms with E-state index in [0.717, 1.165) is 0 Å². The molecular weight excluding hydrogens is 160 g/mol. The van der Waals surface area contributed by atoms with Gasteiger partial charge in [-0.15, -0.1) is 0 Å². The van der Waals surface area contributed by atoms with Gasteiger partial charge in [-0.25, -0.2) is 0 Å². The maximum Gasteiger partial charge on any atom is 0.0557 e. The van der Waals surface area contributed by atoms with Crippen LogP contribution >= 0.6 is 15.9 Å². The first kappa shape index (κ1) is 7.40. The normalized spacial score (nSPS) is 14.1. The molecule has 0 aromatic heterocycles. The molecule has 2 N–H and O–H groups in total. The lowest BCUT2D eigenvalue weighted by Gasteiger charge is -1.99. The molecule has 0 rings (SSSR count). The molecule has 0 saturated carbocycles. The van der Waals surface area contributed by atoms with Crippen LogP contribution in [0, 0.1) is 0 Å². The fraction of sp³-hybridized carbons (Fsp3) is 1.00. The summed E-state index contributed by atoms with van der Waals surface area (Å²) in [6, 6.07) is 0. The van der Waals surface area contributed by atoms with Gasteiger partial charge in [-0.2, -0.15) is 0 Å². The van der Waals surface area contributed by atoms with Crippen LogP contribution in [-0.4, -0.2) is 28.3 Å². The van der Waals surface area contributed by atoms with Crippen molar-refractivity contribution in [1.82, 2.24) is 0 Å². The van der Waals surface area contributed by atoms with Crippen molar-refractivity contribution in [2.45, 2.75) is 11.2 Å². The second kappa shape index (κ2) is 4.56. The van der Waals surface area contributed by atoms with E-state index in [1.54, 1.807) is 0 Å². The standard InChI is InChI=1S/C4H9BrO2/c5-4(3-7)1-2-6/h4,6-7H,1-3H2/t4-/m1/s1. The second-order valence-corrected chi connectivity index (χ2v) is 2.59. The van der Waals surface area contributed by atoms with Crippen molar-refractivity contribution in [3.05, 3.63) is 0 Å². The van der Waals surface area contributed by atoms with Gasteiger partial charge < -0.3 is 10.2 Å². The Morgan fingerprint density at radius 2 is 2.00 bits per heavy atom. The molecule has 0 saturated heterocycles. The van der Waals surface area contributed by atoms with Gasteiger partial charge >= 0.3 is 0 Å². The van der Waals surface area contributed by atoms with E-state index in [1.165, 1.54) is 0 Å². The third-order valence-electron chi connectivity index (χ3n) is 0.640. The van der Waals surface area contributed by atoms with Crippen LogP contribution in [0.15, 0.2) is 0 Å². The largest absolute Gasteiger partial charge is 0.396 e. The quantitative estimate of drug-likeness (QED) is 0.589. The molecule has 44 valence electrons. The highest BCUT2D eigenvalue weighted by molar-refractivity contribution is 9.09. The number of hydrogen-bond acceptors (Lipinski definition) is 2. The molecule has 2 nitrogen and oxygen atoms in total. The van der Waals surface area contributed by atoms with Crippen molar-refractivity contribution in [2.75, 3.05) is 13.2 Å². The van der Waals surface area contributed by atoms with Crippen LogP contribution in [0.2, 0.25) is 0 Å². The first-order chi connectivity index (χ1) is 3.31. The van der Waals surface area contributed by atoms with Gasteiger partial charge in [-0.3, -0.25) is 0 Å². The average molecular weight is 169 g/mol. The molecule has 0 spiro atoms. The smallest absolute Gasteiger partial charge is 0.0557 e. The number of aliphatic hydroxyl groups excluding tert-OH is 2. The fourth-order valence-corrected chi connectivity index (χ4v) is 0.436. The zero-order chi connectivity index (χ0) is 5.70. The van der Waals surface area contributed by atoms with Gasteiger partial charge in [0.25, 0.3) is 0 Å². The summed E-state index contributed by atoms with van der Waals surface area (Å²) in [5.74, 6) is 0. The van der Waals surface area contributed by atoms with Gasteiger partial charge in [0.05, 0.1) is 6.61 Å². The highest BCUT2D eigenvalue weighted by Gasteiger charge is 1.97. The van der Waals surface area contributed by atoms with Crippen molar-refractivity contribution in [3.8, 4) is 0 Å².